The molecule has 1 saturated heterocycles. The van der Waals surface area contributed by atoms with Crippen LogP contribution in [0.15, 0.2) is 4.42 Å². The number of anilines is 1. The van der Waals surface area contributed by atoms with Gasteiger partial charge in [0.05, 0.1) is 18.1 Å². The Morgan fingerprint density at radius 1 is 1.30 bits per heavy atom. The summed E-state index contributed by atoms with van der Waals surface area (Å²) in [7, 11) is -2.84. The number of sulfone groups is 1. The Kier molecular flexibility index (Phi) is 4.98. The first-order valence-electron chi connectivity index (χ1n) is 6.94. The van der Waals surface area contributed by atoms with Gasteiger partial charge in [-0.05, 0) is 25.3 Å². The van der Waals surface area contributed by atoms with Crippen LogP contribution in [0.25, 0.3) is 0 Å². The predicted octanol–water partition coefficient (Wildman–Crippen LogP) is 0.804. The minimum absolute atomic E-state index is 0.0930. The average Bonchev–Trinajstić information content (AvgIpc) is 2.79. The first kappa shape index (κ1) is 15.2. The van der Waals surface area contributed by atoms with E-state index in [-0.39, 0.29) is 17.5 Å². The van der Waals surface area contributed by atoms with E-state index in [1.165, 1.54) is 0 Å². The van der Waals surface area contributed by atoms with Crippen LogP contribution in [-0.2, 0) is 16.4 Å². The summed E-state index contributed by atoms with van der Waals surface area (Å²) >= 11 is 0. The van der Waals surface area contributed by atoms with Crippen LogP contribution < -0.4 is 10.6 Å². The second-order valence-corrected chi connectivity index (χ2v) is 7.90. The molecule has 0 amide bonds. The fourth-order valence-electron chi connectivity index (χ4n) is 2.06. The standard InChI is InChI=1S/C12H22N4O3S/c1-9(2)7-13-8-11-15-16-12(19-11)14-10-3-5-20(17,18)6-4-10/h9-10,13H,3-8H2,1-2H3,(H,14,16). The summed E-state index contributed by atoms with van der Waals surface area (Å²) in [6.45, 7) is 5.70. The molecule has 7 nitrogen and oxygen atoms in total. The number of hydrogen-bond acceptors (Lipinski definition) is 7. The fraction of sp³-hybridized carbons (Fsp3) is 0.833. The largest absolute Gasteiger partial charge is 0.407 e. The van der Waals surface area contributed by atoms with Crippen LogP contribution in [0.3, 0.4) is 0 Å². The molecule has 0 unspecified atom stereocenters. The van der Waals surface area contributed by atoms with Crippen molar-refractivity contribution < 1.29 is 12.8 Å². The number of rotatable bonds is 6. The summed E-state index contributed by atoms with van der Waals surface area (Å²) in [6, 6.07) is 0.464. The normalized spacial score (nSPS) is 19.4. The first-order valence-corrected chi connectivity index (χ1v) is 8.77. The number of nitrogens with zero attached hydrogens (tertiary/aromatic N) is 2. The van der Waals surface area contributed by atoms with Crippen LogP contribution in [0.1, 0.15) is 32.6 Å². The molecule has 1 aromatic rings. The average molecular weight is 302 g/mol. The van der Waals surface area contributed by atoms with Crippen molar-refractivity contribution in [3.63, 3.8) is 0 Å². The van der Waals surface area contributed by atoms with Crippen molar-refractivity contribution in [2.75, 3.05) is 23.4 Å². The van der Waals surface area contributed by atoms with Gasteiger partial charge in [0, 0.05) is 6.04 Å². The molecule has 1 fully saturated rings. The summed E-state index contributed by atoms with van der Waals surface area (Å²) in [5, 5.41) is 14.2. The first-order chi connectivity index (χ1) is 9.44. The van der Waals surface area contributed by atoms with Crippen molar-refractivity contribution in [3.8, 4) is 0 Å². The molecular formula is C12H22N4O3S. The minimum atomic E-state index is -2.84. The van der Waals surface area contributed by atoms with E-state index in [1.54, 1.807) is 0 Å². The van der Waals surface area contributed by atoms with Gasteiger partial charge in [0.15, 0.2) is 0 Å². The molecule has 2 heterocycles. The zero-order valence-corrected chi connectivity index (χ0v) is 12.7. The van der Waals surface area contributed by atoms with E-state index in [9.17, 15) is 8.42 Å². The lowest BCUT2D eigenvalue weighted by molar-refractivity contribution is 0.453. The number of nitrogens with one attached hydrogen (secondary N) is 2. The summed E-state index contributed by atoms with van der Waals surface area (Å²) in [5.41, 5.74) is 0. The molecule has 0 radical (unpaired) electrons. The lowest BCUT2D eigenvalue weighted by Gasteiger charge is -2.21. The van der Waals surface area contributed by atoms with E-state index in [0.29, 0.717) is 37.2 Å². The Bertz CT molecular complexity index is 513. The van der Waals surface area contributed by atoms with Crippen LogP contribution in [0.5, 0.6) is 0 Å². The van der Waals surface area contributed by atoms with Crippen molar-refractivity contribution in [2.24, 2.45) is 5.92 Å². The van der Waals surface area contributed by atoms with E-state index < -0.39 is 9.84 Å². The van der Waals surface area contributed by atoms with Crippen molar-refractivity contribution in [1.82, 2.24) is 15.5 Å². The molecule has 0 aliphatic carbocycles. The fourth-order valence-corrected chi connectivity index (χ4v) is 3.55. The molecule has 0 bridgehead atoms. The van der Waals surface area contributed by atoms with Gasteiger partial charge >= 0.3 is 6.01 Å². The van der Waals surface area contributed by atoms with Gasteiger partial charge < -0.3 is 15.1 Å². The lowest BCUT2D eigenvalue weighted by atomic mass is 10.2. The zero-order chi connectivity index (χ0) is 14.6. The molecule has 2 rings (SSSR count). The SMILES string of the molecule is CC(C)CNCc1nnc(NC2CCS(=O)(=O)CC2)o1. The van der Waals surface area contributed by atoms with E-state index in [2.05, 4.69) is 34.7 Å². The van der Waals surface area contributed by atoms with Gasteiger partial charge in [-0.3, -0.25) is 0 Å². The van der Waals surface area contributed by atoms with Crippen LogP contribution in [0.4, 0.5) is 6.01 Å². The highest BCUT2D eigenvalue weighted by Gasteiger charge is 2.24. The predicted molar refractivity (Wildman–Crippen MR) is 76.1 cm³/mol. The van der Waals surface area contributed by atoms with Gasteiger partial charge in [-0.1, -0.05) is 18.9 Å². The van der Waals surface area contributed by atoms with E-state index in [1.807, 2.05) is 0 Å². The van der Waals surface area contributed by atoms with Crippen LogP contribution >= 0.6 is 0 Å². The molecular weight excluding hydrogens is 280 g/mol. The molecule has 0 saturated carbocycles. The van der Waals surface area contributed by atoms with E-state index >= 15 is 0 Å². The minimum Gasteiger partial charge on any atom is -0.407 e. The molecule has 1 aliphatic heterocycles. The van der Waals surface area contributed by atoms with Crippen molar-refractivity contribution in [1.29, 1.82) is 0 Å². The maximum Gasteiger partial charge on any atom is 0.315 e. The van der Waals surface area contributed by atoms with Crippen molar-refractivity contribution >= 4 is 15.9 Å². The topological polar surface area (TPSA) is 97.1 Å². The maximum atomic E-state index is 11.3. The van der Waals surface area contributed by atoms with Crippen molar-refractivity contribution in [2.45, 2.75) is 39.3 Å². The van der Waals surface area contributed by atoms with Gasteiger partial charge in [0.2, 0.25) is 5.89 Å². The third-order valence-electron chi connectivity index (χ3n) is 3.18. The second kappa shape index (κ2) is 6.53. The highest BCUT2D eigenvalue weighted by molar-refractivity contribution is 7.91. The molecule has 8 heteroatoms. The quantitative estimate of drug-likeness (QED) is 0.802. The summed E-state index contributed by atoms with van der Waals surface area (Å²) in [4.78, 5) is 0. The van der Waals surface area contributed by atoms with Gasteiger partial charge in [-0.25, -0.2) is 8.42 Å². The van der Waals surface area contributed by atoms with Crippen LogP contribution in [0.2, 0.25) is 0 Å². The lowest BCUT2D eigenvalue weighted by Crippen LogP contribution is -2.32. The Hall–Kier alpha value is -1.15. The zero-order valence-electron chi connectivity index (χ0n) is 11.9. The molecule has 2 N–H and O–H groups in total. The third kappa shape index (κ3) is 4.75. The number of hydrogen-bond donors (Lipinski definition) is 2. The van der Waals surface area contributed by atoms with Crippen LogP contribution in [-0.4, -0.2) is 42.7 Å². The molecule has 0 atom stereocenters. The van der Waals surface area contributed by atoms with Crippen molar-refractivity contribution in [3.05, 3.63) is 5.89 Å². The Balaban J connectivity index is 1.78. The smallest absolute Gasteiger partial charge is 0.315 e. The molecule has 114 valence electrons. The molecule has 0 spiro atoms. The van der Waals surface area contributed by atoms with Gasteiger partial charge in [-0.2, -0.15) is 0 Å². The maximum absolute atomic E-state index is 11.3. The van der Waals surface area contributed by atoms with Gasteiger partial charge in [-0.15, -0.1) is 5.10 Å². The summed E-state index contributed by atoms with van der Waals surface area (Å²) < 4.78 is 28.2. The summed E-state index contributed by atoms with van der Waals surface area (Å²) in [5.74, 6) is 1.56. The van der Waals surface area contributed by atoms with E-state index in [0.717, 1.165) is 6.54 Å². The molecule has 1 aromatic heterocycles. The molecule has 0 aromatic carbocycles. The highest BCUT2D eigenvalue weighted by Crippen LogP contribution is 2.17. The van der Waals surface area contributed by atoms with Gasteiger partial charge in [0.25, 0.3) is 0 Å². The third-order valence-corrected chi connectivity index (χ3v) is 4.89. The Morgan fingerprint density at radius 2 is 2.00 bits per heavy atom. The highest BCUT2D eigenvalue weighted by atomic mass is 32.2. The monoisotopic (exact) mass is 302 g/mol. The molecule has 20 heavy (non-hydrogen) atoms. The second-order valence-electron chi connectivity index (χ2n) is 5.60. The Labute approximate surface area is 119 Å². The Morgan fingerprint density at radius 3 is 2.65 bits per heavy atom. The van der Waals surface area contributed by atoms with E-state index in [4.69, 9.17) is 4.42 Å². The number of aromatic nitrogens is 2. The summed E-state index contributed by atoms with van der Waals surface area (Å²) in [6.07, 6.45) is 1.18. The van der Waals surface area contributed by atoms with Gasteiger partial charge in [0.1, 0.15) is 9.84 Å². The molecule has 1 aliphatic rings. The van der Waals surface area contributed by atoms with Crippen LogP contribution in [0, 0.1) is 5.92 Å².